The van der Waals surface area contributed by atoms with Gasteiger partial charge in [-0.2, -0.15) is 0 Å². The summed E-state index contributed by atoms with van der Waals surface area (Å²) in [5.74, 6) is -0.513. The maximum Gasteiger partial charge on any atom is 0.273 e. The summed E-state index contributed by atoms with van der Waals surface area (Å²) in [5.41, 5.74) is 5.39. The lowest BCUT2D eigenvalue weighted by Crippen LogP contribution is -3.14. The highest BCUT2D eigenvalue weighted by Crippen LogP contribution is 2.24. The Kier molecular flexibility index (Phi) is 6.80. The molecule has 0 radical (unpaired) electrons. The number of aromatic hydroxyl groups is 1. The molecule has 0 saturated carbocycles. The molecule has 1 saturated heterocycles. The number of hydrazine groups is 1. The molecule has 0 aliphatic carbocycles. The summed E-state index contributed by atoms with van der Waals surface area (Å²) >= 11 is 5.18. The third-order valence-electron chi connectivity index (χ3n) is 4.59. The number of nitrogens with one attached hydrogen (secondary N) is 4. The van der Waals surface area contributed by atoms with Crippen LogP contribution in [0.5, 0.6) is 5.75 Å². The molecule has 1 aliphatic rings. The Hall–Kier alpha value is -2.42. The van der Waals surface area contributed by atoms with Crippen LogP contribution in [-0.4, -0.2) is 55.5 Å². The van der Waals surface area contributed by atoms with Crippen molar-refractivity contribution in [3.05, 3.63) is 42.0 Å². The maximum atomic E-state index is 12.3. The highest BCUT2D eigenvalue weighted by Gasteiger charge is 2.14. The lowest BCUT2D eigenvalue weighted by molar-refractivity contribution is -0.908. The Labute approximate surface area is 163 Å². The van der Waals surface area contributed by atoms with Gasteiger partial charge in [-0.25, -0.2) is 0 Å². The fourth-order valence-corrected chi connectivity index (χ4v) is 3.24. The molecule has 1 aliphatic heterocycles. The molecule has 27 heavy (non-hydrogen) atoms. The number of ether oxygens (including phenoxy) is 1. The molecule has 0 bridgehead atoms. The summed E-state index contributed by atoms with van der Waals surface area (Å²) in [6, 6.07) is 10.8. The van der Waals surface area contributed by atoms with Gasteiger partial charge in [-0.05, 0) is 35.1 Å². The third-order valence-corrected chi connectivity index (χ3v) is 4.84. The molecule has 2 aromatic rings. The van der Waals surface area contributed by atoms with Gasteiger partial charge in [-0.1, -0.05) is 24.3 Å². The number of morpholine rings is 1. The van der Waals surface area contributed by atoms with E-state index in [1.54, 1.807) is 17.0 Å². The Balaban J connectivity index is 1.42. The molecule has 0 spiro atoms. The van der Waals surface area contributed by atoms with E-state index in [1.807, 2.05) is 24.3 Å². The molecular weight excluding hydrogens is 364 g/mol. The first-order valence-electron chi connectivity index (χ1n) is 9.11. The van der Waals surface area contributed by atoms with Gasteiger partial charge in [0.2, 0.25) is 0 Å². The summed E-state index contributed by atoms with van der Waals surface area (Å²) in [7, 11) is 0. The van der Waals surface area contributed by atoms with Crippen molar-refractivity contribution in [1.82, 2.24) is 16.2 Å². The number of phenolic OH excluding ortho intramolecular Hbond substituents is 1. The number of benzene rings is 2. The second-order valence-electron chi connectivity index (χ2n) is 6.52. The number of fused-ring (bicyclic) bond motifs is 1. The summed E-state index contributed by atoms with van der Waals surface area (Å²) in [4.78, 5) is 13.9. The molecule has 3 rings (SSSR count). The number of hydrogen-bond acceptors (Lipinski definition) is 4. The number of carbonyl (C=O) groups is 1. The molecule has 0 atom stereocenters. The van der Waals surface area contributed by atoms with Crippen molar-refractivity contribution in [2.45, 2.75) is 6.42 Å². The average Bonchev–Trinajstić information content (AvgIpc) is 2.69. The smallest absolute Gasteiger partial charge is 0.273 e. The fraction of sp³-hybridized carbons (Fsp3) is 0.368. The fourth-order valence-electron chi connectivity index (χ4n) is 3.09. The van der Waals surface area contributed by atoms with Crippen LogP contribution in [-0.2, 0) is 4.74 Å². The van der Waals surface area contributed by atoms with Gasteiger partial charge in [0, 0.05) is 13.0 Å². The maximum absolute atomic E-state index is 12.3. The van der Waals surface area contributed by atoms with Gasteiger partial charge in [0.05, 0.1) is 25.3 Å². The van der Waals surface area contributed by atoms with Crippen molar-refractivity contribution in [2.75, 3.05) is 39.4 Å². The lowest BCUT2D eigenvalue weighted by atomic mass is 10.1. The van der Waals surface area contributed by atoms with Crippen LogP contribution >= 0.6 is 12.2 Å². The molecule has 1 fully saturated rings. The first-order valence-corrected chi connectivity index (χ1v) is 9.51. The summed E-state index contributed by atoms with van der Waals surface area (Å²) < 4.78 is 5.34. The monoisotopic (exact) mass is 389 g/mol. The van der Waals surface area contributed by atoms with Crippen molar-refractivity contribution >= 4 is 34.0 Å². The van der Waals surface area contributed by atoms with E-state index in [0.29, 0.717) is 5.11 Å². The van der Waals surface area contributed by atoms with Crippen molar-refractivity contribution < 1.29 is 19.5 Å². The summed E-state index contributed by atoms with van der Waals surface area (Å²) in [6.07, 6.45) is 0.983. The second-order valence-corrected chi connectivity index (χ2v) is 6.93. The van der Waals surface area contributed by atoms with Gasteiger partial charge in [-0.3, -0.25) is 15.6 Å². The summed E-state index contributed by atoms with van der Waals surface area (Å²) in [5, 5.41) is 15.3. The van der Waals surface area contributed by atoms with E-state index in [0.717, 1.165) is 56.6 Å². The predicted molar refractivity (Wildman–Crippen MR) is 108 cm³/mol. The molecule has 8 heteroatoms. The minimum Gasteiger partial charge on any atom is -0.507 e. The molecule has 144 valence electrons. The quantitative estimate of drug-likeness (QED) is 0.280. The van der Waals surface area contributed by atoms with E-state index < -0.39 is 5.91 Å². The Morgan fingerprint density at radius 1 is 1.15 bits per heavy atom. The van der Waals surface area contributed by atoms with Gasteiger partial charge in [-0.15, -0.1) is 0 Å². The molecule has 1 heterocycles. The highest BCUT2D eigenvalue weighted by molar-refractivity contribution is 7.80. The van der Waals surface area contributed by atoms with Crippen LogP contribution in [0.2, 0.25) is 0 Å². The van der Waals surface area contributed by atoms with E-state index in [2.05, 4.69) is 16.2 Å². The number of carbonyl (C=O) groups excluding carboxylic acids is 1. The zero-order valence-corrected chi connectivity index (χ0v) is 15.9. The van der Waals surface area contributed by atoms with E-state index in [-0.39, 0.29) is 11.3 Å². The van der Waals surface area contributed by atoms with E-state index >= 15 is 0 Å². The zero-order valence-electron chi connectivity index (χ0n) is 15.1. The largest absolute Gasteiger partial charge is 0.507 e. The molecule has 0 aromatic heterocycles. The number of quaternary nitrogens is 1. The Morgan fingerprint density at radius 3 is 2.59 bits per heavy atom. The predicted octanol–water partition coefficient (Wildman–Crippen LogP) is -0.0405. The molecule has 7 nitrogen and oxygen atoms in total. The first-order chi connectivity index (χ1) is 13.1. The average molecular weight is 390 g/mol. The number of phenols is 1. The van der Waals surface area contributed by atoms with Gasteiger partial charge in [0.1, 0.15) is 18.8 Å². The van der Waals surface area contributed by atoms with Gasteiger partial charge in [0.25, 0.3) is 5.91 Å². The normalized spacial score (nSPS) is 14.7. The van der Waals surface area contributed by atoms with Crippen LogP contribution in [0.1, 0.15) is 16.8 Å². The number of rotatable bonds is 5. The topological polar surface area (TPSA) is 87.1 Å². The van der Waals surface area contributed by atoms with Crippen molar-refractivity contribution in [3.63, 3.8) is 0 Å². The number of hydrogen-bond donors (Lipinski definition) is 5. The SMILES string of the molecule is O=C(NNC(=S)NCCC[NH+]1CCOCC1)c1cc2ccccc2cc1O. The van der Waals surface area contributed by atoms with Gasteiger partial charge >= 0.3 is 0 Å². The van der Waals surface area contributed by atoms with Crippen molar-refractivity contribution in [1.29, 1.82) is 0 Å². The van der Waals surface area contributed by atoms with Crippen LogP contribution in [0.25, 0.3) is 10.8 Å². The molecule has 5 N–H and O–H groups in total. The minimum atomic E-state index is -0.444. The van der Waals surface area contributed by atoms with Crippen molar-refractivity contribution in [3.8, 4) is 5.75 Å². The highest BCUT2D eigenvalue weighted by atomic mass is 32.1. The van der Waals surface area contributed by atoms with Crippen LogP contribution < -0.4 is 21.1 Å². The number of thiocarbonyl (C=S) groups is 1. The van der Waals surface area contributed by atoms with Crippen LogP contribution in [0.15, 0.2) is 36.4 Å². The van der Waals surface area contributed by atoms with Crippen LogP contribution in [0, 0.1) is 0 Å². The second kappa shape index (κ2) is 9.50. The number of amides is 1. The van der Waals surface area contributed by atoms with E-state index in [1.165, 1.54) is 0 Å². The standard InChI is InChI=1S/C19H24N4O3S/c24-17-13-15-5-2-1-4-14(15)12-16(17)18(25)21-22-19(27)20-6-3-7-23-8-10-26-11-9-23/h1-2,4-5,12-13,24H,3,6-11H2,(H,21,25)(H2,20,22,27)/p+1. The molecule has 0 unspecified atom stereocenters. The van der Waals surface area contributed by atoms with Crippen LogP contribution in [0.3, 0.4) is 0 Å². The lowest BCUT2D eigenvalue weighted by Gasteiger charge is -2.23. The van der Waals surface area contributed by atoms with E-state index in [9.17, 15) is 9.90 Å². The molecular formula is C19H25N4O3S+. The van der Waals surface area contributed by atoms with Gasteiger partial charge in [0.15, 0.2) is 5.11 Å². The molecule has 1 amide bonds. The Morgan fingerprint density at radius 2 is 1.85 bits per heavy atom. The zero-order chi connectivity index (χ0) is 19.1. The third kappa shape index (κ3) is 5.53. The first kappa shape index (κ1) is 19.3. The Bertz CT molecular complexity index is 809. The minimum absolute atomic E-state index is 0.0691. The molecule has 2 aromatic carbocycles. The van der Waals surface area contributed by atoms with Crippen molar-refractivity contribution in [2.24, 2.45) is 0 Å². The van der Waals surface area contributed by atoms with Gasteiger partial charge < -0.3 is 20.1 Å². The van der Waals surface area contributed by atoms with E-state index in [4.69, 9.17) is 17.0 Å². The summed E-state index contributed by atoms with van der Waals surface area (Å²) in [6.45, 7) is 5.55. The van der Waals surface area contributed by atoms with Crippen LogP contribution in [0.4, 0.5) is 0 Å².